The van der Waals surface area contributed by atoms with Gasteiger partial charge in [0.05, 0.1) is 0 Å². The maximum absolute atomic E-state index is 5.74. The highest BCUT2D eigenvalue weighted by atomic mass is 79.9. The second-order valence-electron chi connectivity index (χ2n) is 5.46. The van der Waals surface area contributed by atoms with E-state index in [0.717, 1.165) is 10.9 Å². The zero-order valence-electron chi connectivity index (χ0n) is 11.3. The van der Waals surface area contributed by atoms with Crippen molar-refractivity contribution in [3.8, 4) is 0 Å². The number of nitrogens with zero attached hydrogens (tertiary/aromatic N) is 1. The summed E-state index contributed by atoms with van der Waals surface area (Å²) in [6.45, 7) is 6.54. The predicted octanol–water partition coefficient (Wildman–Crippen LogP) is 3.58. The van der Waals surface area contributed by atoms with Crippen LogP contribution < -0.4 is 10.6 Å². The van der Waals surface area contributed by atoms with Crippen LogP contribution in [0, 0.1) is 5.92 Å². The highest BCUT2D eigenvalue weighted by Gasteiger charge is 2.28. The molecule has 0 amide bonds. The molecule has 1 fully saturated rings. The van der Waals surface area contributed by atoms with E-state index in [0.29, 0.717) is 18.5 Å². The second-order valence-corrected chi connectivity index (χ2v) is 6.37. The lowest BCUT2D eigenvalue weighted by molar-refractivity contribution is 0.491. The van der Waals surface area contributed by atoms with E-state index < -0.39 is 0 Å². The van der Waals surface area contributed by atoms with Crippen molar-refractivity contribution in [2.24, 2.45) is 11.7 Å². The van der Waals surface area contributed by atoms with Crippen molar-refractivity contribution >= 4 is 21.6 Å². The first-order valence-electron chi connectivity index (χ1n) is 6.88. The topological polar surface area (TPSA) is 29.3 Å². The minimum Gasteiger partial charge on any atom is -0.368 e. The average molecular weight is 311 g/mol. The van der Waals surface area contributed by atoms with Crippen molar-refractivity contribution in [2.45, 2.75) is 39.2 Å². The Morgan fingerprint density at radius 1 is 1.44 bits per heavy atom. The molecule has 0 radical (unpaired) electrons. The van der Waals surface area contributed by atoms with E-state index in [-0.39, 0.29) is 0 Å². The summed E-state index contributed by atoms with van der Waals surface area (Å²) in [6, 6.07) is 7.29. The highest BCUT2D eigenvalue weighted by Crippen LogP contribution is 2.33. The van der Waals surface area contributed by atoms with E-state index in [2.05, 4.69) is 52.9 Å². The van der Waals surface area contributed by atoms with E-state index in [9.17, 15) is 0 Å². The Bertz CT molecular complexity index is 403. The number of hydrogen-bond acceptors (Lipinski definition) is 2. The Kier molecular flexibility index (Phi) is 4.68. The Balaban J connectivity index is 2.31. The third kappa shape index (κ3) is 2.89. The van der Waals surface area contributed by atoms with Gasteiger partial charge in [0.1, 0.15) is 0 Å². The van der Waals surface area contributed by atoms with Crippen LogP contribution in [-0.4, -0.2) is 19.1 Å². The lowest BCUT2D eigenvalue weighted by Crippen LogP contribution is -2.34. The van der Waals surface area contributed by atoms with Crippen LogP contribution in [0.5, 0.6) is 0 Å². The maximum atomic E-state index is 5.74. The highest BCUT2D eigenvalue weighted by molar-refractivity contribution is 9.10. The molecule has 0 saturated carbocycles. The quantitative estimate of drug-likeness (QED) is 0.921. The number of rotatable bonds is 4. The summed E-state index contributed by atoms with van der Waals surface area (Å²) in [5.41, 5.74) is 8.50. The number of benzene rings is 1. The van der Waals surface area contributed by atoms with Gasteiger partial charge in [-0.2, -0.15) is 0 Å². The van der Waals surface area contributed by atoms with Gasteiger partial charge < -0.3 is 10.6 Å². The van der Waals surface area contributed by atoms with Crippen LogP contribution in [0.4, 0.5) is 5.69 Å². The fraction of sp³-hybridized carbons (Fsp3) is 0.600. The van der Waals surface area contributed by atoms with E-state index in [1.54, 1.807) is 0 Å². The van der Waals surface area contributed by atoms with Crippen molar-refractivity contribution in [1.82, 2.24) is 0 Å². The minimum absolute atomic E-state index is 0.683. The van der Waals surface area contributed by atoms with Gasteiger partial charge in [0, 0.05) is 22.7 Å². The van der Waals surface area contributed by atoms with E-state index in [1.165, 1.54) is 30.6 Å². The van der Waals surface area contributed by atoms with Gasteiger partial charge >= 0.3 is 0 Å². The van der Waals surface area contributed by atoms with Crippen LogP contribution in [0.25, 0.3) is 0 Å². The van der Waals surface area contributed by atoms with E-state index in [4.69, 9.17) is 5.73 Å². The van der Waals surface area contributed by atoms with Crippen molar-refractivity contribution in [2.75, 3.05) is 18.0 Å². The monoisotopic (exact) mass is 310 g/mol. The molecule has 2 rings (SSSR count). The molecular formula is C15H23BrN2. The molecule has 1 saturated heterocycles. The largest absolute Gasteiger partial charge is 0.368 e. The van der Waals surface area contributed by atoms with Crippen LogP contribution in [0.3, 0.4) is 0 Å². The summed E-state index contributed by atoms with van der Waals surface area (Å²) >= 11 is 3.56. The number of hydrogen-bond donors (Lipinski definition) is 1. The normalized spacial score (nSPS) is 19.8. The number of halogens is 1. The standard InChI is InChI=1S/C15H23BrN2/c1-11(2)14-4-3-9-18(14)15-6-5-13(16)10-12(15)7-8-17/h5-6,10-11,14H,3-4,7-9,17H2,1-2H3. The molecule has 1 atom stereocenters. The van der Waals surface area contributed by atoms with Crippen molar-refractivity contribution < 1.29 is 0 Å². The lowest BCUT2D eigenvalue weighted by Gasteiger charge is -2.31. The third-order valence-electron chi connectivity index (χ3n) is 3.83. The van der Waals surface area contributed by atoms with E-state index in [1.807, 2.05) is 0 Å². The SMILES string of the molecule is CC(C)C1CCCN1c1ccc(Br)cc1CCN. The first kappa shape index (κ1) is 13.9. The molecular weight excluding hydrogens is 288 g/mol. The molecule has 2 nitrogen and oxygen atoms in total. The molecule has 3 heteroatoms. The fourth-order valence-corrected chi connectivity index (χ4v) is 3.38. The van der Waals surface area contributed by atoms with Crippen LogP contribution in [0.1, 0.15) is 32.3 Å². The Morgan fingerprint density at radius 2 is 2.22 bits per heavy atom. The predicted molar refractivity (Wildman–Crippen MR) is 82.1 cm³/mol. The Labute approximate surface area is 119 Å². The average Bonchev–Trinajstić information content (AvgIpc) is 2.78. The maximum Gasteiger partial charge on any atom is 0.0402 e. The van der Waals surface area contributed by atoms with Gasteiger partial charge in [-0.3, -0.25) is 0 Å². The van der Waals surface area contributed by atoms with Crippen LogP contribution >= 0.6 is 15.9 Å². The summed E-state index contributed by atoms with van der Waals surface area (Å²) in [4.78, 5) is 2.59. The van der Waals surface area contributed by atoms with Gasteiger partial charge in [0.15, 0.2) is 0 Å². The zero-order chi connectivity index (χ0) is 13.1. The third-order valence-corrected chi connectivity index (χ3v) is 4.33. The van der Waals surface area contributed by atoms with E-state index >= 15 is 0 Å². The lowest BCUT2D eigenvalue weighted by atomic mass is 10.0. The summed E-state index contributed by atoms with van der Waals surface area (Å²) in [7, 11) is 0. The molecule has 1 aromatic rings. The Morgan fingerprint density at radius 3 is 2.89 bits per heavy atom. The van der Waals surface area contributed by atoms with Gasteiger partial charge in [-0.15, -0.1) is 0 Å². The molecule has 1 heterocycles. The molecule has 1 unspecified atom stereocenters. The van der Waals surface area contributed by atoms with Gasteiger partial charge in [0.2, 0.25) is 0 Å². The molecule has 0 spiro atoms. The molecule has 1 aromatic carbocycles. The number of anilines is 1. The molecule has 1 aliphatic heterocycles. The first-order valence-corrected chi connectivity index (χ1v) is 7.68. The second kappa shape index (κ2) is 6.07. The minimum atomic E-state index is 0.683. The first-order chi connectivity index (χ1) is 8.63. The number of nitrogens with two attached hydrogens (primary N) is 1. The molecule has 100 valence electrons. The molecule has 2 N–H and O–H groups in total. The van der Waals surface area contributed by atoms with Gasteiger partial charge in [-0.1, -0.05) is 29.8 Å². The van der Waals surface area contributed by atoms with Crippen molar-refractivity contribution in [3.05, 3.63) is 28.2 Å². The zero-order valence-corrected chi connectivity index (χ0v) is 12.9. The fourth-order valence-electron chi connectivity index (χ4n) is 2.97. The molecule has 18 heavy (non-hydrogen) atoms. The van der Waals surface area contributed by atoms with Gasteiger partial charge in [-0.25, -0.2) is 0 Å². The van der Waals surface area contributed by atoms with Crippen molar-refractivity contribution in [1.29, 1.82) is 0 Å². The molecule has 1 aliphatic rings. The van der Waals surface area contributed by atoms with Crippen molar-refractivity contribution in [3.63, 3.8) is 0 Å². The summed E-state index contributed by atoms with van der Waals surface area (Å²) in [5.74, 6) is 0.710. The van der Waals surface area contributed by atoms with Crippen LogP contribution in [0.2, 0.25) is 0 Å². The van der Waals surface area contributed by atoms with Crippen LogP contribution in [0.15, 0.2) is 22.7 Å². The summed E-state index contributed by atoms with van der Waals surface area (Å²) in [6.07, 6.45) is 3.58. The van der Waals surface area contributed by atoms with Crippen LogP contribution in [-0.2, 0) is 6.42 Å². The molecule has 0 bridgehead atoms. The molecule has 0 aromatic heterocycles. The smallest absolute Gasteiger partial charge is 0.0402 e. The summed E-state index contributed by atoms with van der Waals surface area (Å²) in [5, 5.41) is 0. The molecule has 0 aliphatic carbocycles. The van der Waals surface area contributed by atoms with Gasteiger partial charge in [0.25, 0.3) is 0 Å². The Hall–Kier alpha value is -0.540. The van der Waals surface area contributed by atoms with Gasteiger partial charge in [-0.05, 0) is 55.5 Å². The summed E-state index contributed by atoms with van der Waals surface area (Å²) < 4.78 is 1.15.